The molecule has 0 aliphatic carbocycles. The first-order valence-corrected chi connectivity index (χ1v) is 8.39. The van der Waals surface area contributed by atoms with E-state index in [1.165, 1.54) is 0 Å². The first-order chi connectivity index (χ1) is 10.8. The van der Waals surface area contributed by atoms with Gasteiger partial charge in [0.25, 0.3) is 0 Å². The zero-order valence-electron chi connectivity index (χ0n) is 15.0. The van der Waals surface area contributed by atoms with Crippen LogP contribution < -0.4 is 0 Å². The van der Waals surface area contributed by atoms with E-state index in [9.17, 15) is 4.79 Å². The summed E-state index contributed by atoms with van der Waals surface area (Å²) in [4.78, 5) is 20.9. The van der Waals surface area contributed by atoms with Crippen molar-refractivity contribution in [2.45, 2.75) is 58.2 Å². The lowest BCUT2D eigenvalue weighted by molar-refractivity contribution is 0.0104. The number of nitrogens with zero attached hydrogens (tertiary/aromatic N) is 3. The minimum atomic E-state index is -0.457. The third-order valence-electron chi connectivity index (χ3n) is 4.32. The lowest BCUT2D eigenvalue weighted by atomic mass is 10.0. The molecular formula is C18H29N3O2. The summed E-state index contributed by atoms with van der Waals surface area (Å²) in [7, 11) is 1.84. The van der Waals surface area contributed by atoms with Gasteiger partial charge in [-0.3, -0.25) is 9.88 Å². The van der Waals surface area contributed by atoms with Crippen LogP contribution in [0.15, 0.2) is 24.4 Å². The molecule has 1 aromatic heterocycles. The predicted octanol–water partition coefficient (Wildman–Crippen LogP) is 3.47. The Morgan fingerprint density at radius 1 is 1.43 bits per heavy atom. The smallest absolute Gasteiger partial charge is 0.410 e. The van der Waals surface area contributed by atoms with E-state index in [0.29, 0.717) is 0 Å². The van der Waals surface area contributed by atoms with Crippen LogP contribution in [-0.4, -0.2) is 52.7 Å². The fraction of sp³-hybridized carbons (Fsp3) is 0.667. The highest BCUT2D eigenvalue weighted by atomic mass is 16.6. The zero-order valence-corrected chi connectivity index (χ0v) is 15.0. The van der Waals surface area contributed by atoms with E-state index >= 15 is 0 Å². The van der Waals surface area contributed by atoms with Crippen molar-refractivity contribution < 1.29 is 9.53 Å². The number of aromatic nitrogens is 1. The summed E-state index contributed by atoms with van der Waals surface area (Å²) in [6.45, 7) is 9.77. The Balaban J connectivity index is 1.99. The van der Waals surface area contributed by atoms with Gasteiger partial charge >= 0.3 is 6.09 Å². The Morgan fingerprint density at radius 2 is 2.17 bits per heavy atom. The molecule has 1 aromatic rings. The second-order valence-corrected chi connectivity index (χ2v) is 7.31. The summed E-state index contributed by atoms with van der Waals surface area (Å²) >= 11 is 0. The van der Waals surface area contributed by atoms with Crippen LogP contribution in [0.5, 0.6) is 0 Å². The largest absolute Gasteiger partial charge is 0.444 e. The third-order valence-corrected chi connectivity index (χ3v) is 4.32. The van der Waals surface area contributed by atoms with Crippen molar-refractivity contribution in [2.24, 2.45) is 0 Å². The number of hydrogen-bond acceptors (Lipinski definition) is 4. The Morgan fingerprint density at radius 3 is 2.78 bits per heavy atom. The van der Waals surface area contributed by atoms with E-state index in [0.717, 1.165) is 31.6 Å². The van der Waals surface area contributed by atoms with Gasteiger partial charge in [-0.25, -0.2) is 4.79 Å². The molecule has 1 aliphatic rings. The molecule has 23 heavy (non-hydrogen) atoms. The lowest BCUT2D eigenvalue weighted by Crippen LogP contribution is -2.50. The average Bonchev–Trinajstić information content (AvgIpc) is 2.52. The molecule has 0 saturated carbocycles. The second kappa shape index (κ2) is 7.30. The van der Waals surface area contributed by atoms with Crippen molar-refractivity contribution in [2.75, 3.05) is 20.1 Å². The maximum absolute atomic E-state index is 12.3. The first kappa shape index (κ1) is 17.7. The molecular weight excluding hydrogens is 290 g/mol. The molecule has 2 heterocycles. The van der Waals surface area contributed by atoms with E-state index < -0.39 is 5.60 Å². The molecule has 0 spiro atoms. The molecule has 2 atom stereocenters. The highest BCUT2D eigenvalue weighted by Gasteiger charge is 2.31. The Bertz CT molecular complexity index is 513. The summed E-state index contributed by atoms with van der Waals surface area (Å²) in [6.07, 6.45) is 3.69. The number of carbonyl (C=O) groups is 1. The predicted molar refractivity (Wildman–Crippen MR) is 91.2 cm³/mol. The molecule has 1 aliphatic heterocycles. The summed E-state index contributed by atoms with van der Waals surface area (Å²) in [5.74, 6) is 0. The number of ether oxygens (including phenoxy) is 1. The van der Waals surface area contributed by atoms with E-state index in [1.54, 1.807) is 4.90 Å². The summed E-state index contributed by atoms with van der Waals surface area (Å²) in [5.41, 5.74) is 0.620. The minimum absolute atomic E-state index is 0.185. The fourth-order valence-electron chi connectivity index (χ4n) is 2.94. The maximum Gasteiger partial charge on any atom is 0.410 e. The molecule has 5 nitrogen and oxygen atoms in total. The monoisotopic (exact) mass is 319 g/mol. The first-order valence-electron chi connectivity index (χ1n) is 8.39. The van der Waals surface area contributed by atoms with Crippen molar-refractivity contribution in [3.05, 3.63) is 30.1 Å². The molecule has 1 saturated heterocycles. The fourth-order valence-corrected chi connectivity index (χ4v) is 2.94. The number of carbonyl (C=O) groups excluding carboxylic acids is 1. The van der Waals surface area contributed by atoms with Gasteiger partial charge in [0.1, 0.15) is 5.60 Å². The third kappa shape index (κ3) is 4.93. The summed E-state index contributed by atoms with van der Waals surface area (Å²) in [6, 6.07) is 6.46. The highest BCUT2D eigenvalue weighted by molar-refractivity contribution is 5.68. The normalized spacial score (nSPS) is 20.8. The Labute approximate surface area is 139 Å². The average molecular weight is 319 g/mol. The van der Waals surface area contributed by atoms with E-state index in [-0.39, 0.29) is 18.2 Å². The van der Waals surface area contributed by atoms with Crippen LogP contribution in [0.4, 0.5) is 4.79 Å². The summed E-state index contributed by atoms with van der Waals surface area (Å²) in [5, 5.41) is 0. The molecule has 0 radical (unpaired) electrons. The van der Waals surface area contributed by atoms with Crippen LogP contribution in [0.3, 0.4) is 0 Å². The van der Waals surface area contributed by atoms with Crippen LogP contribution in [0, 0.1) is 0 Å². The second-order valence-electron chi connectivity index (χ2n) is 7.31. The van der Waals surface area contributed by atoms with Gasteiger partial charge in [-0.2, -0.15) is 0 Å². The van der Waals surface area contributed by atoms with Crippen molar-refractivity contribution in [3.8, 4) is 0 Å². The number of pyridine rings is 1. The minimum Gasteiger partial charge on any atom is -0.444 e. The molecule has 0 aromatic carbocycles. The van der Waals surface area contributed by atoms with Gasteiger partial charge in [0.2, 0.25) is 0 Å². The quantitative estimate of drug-likeness (QED) is 0.856. The SMILES string of the molecule is CC(c1ccccn1)N1CCCC(N(C)C(=O)OC(C)(C)C)C1. The van der Waals surface area contributed by atoms with Gasteiger partial charge in [0, 0.05) is 31.9 Å². The number of rotatable bonds is 3. The lowest BCUT2D eigenvalue weighted by Gasteiger charge is -2.40. The van der Waals surface area contributed by atoms with Crippen molar-refractivity contribution >= 4 is 6.09 Å². The standard InChI is InChI=1S/C18H29N3O2/c1-14(16-10-6-7-11-19-16)21-12-8-9-15(13-21)20(5)17(22)23-18(2,3)4/h6-7,10-11,14-15H,8-9,12-13H2,1-5H3. The highest BCUT2D eigenvalue weighted by Crippen LogP contribution is 2.25. The van der Waals surface area contributed by atoms with Gasteiger partial charge in [-0.05, 0) is 59.2 Å². The van der Waals surface area contributed by atoms with Crippen molar-refractivity contribution in [1.29, 1.82) is 0 Å². The molecule has 1 amide bonds. The van der Waals surface area contributed by atoms with Gasteiger partial charge in [-0.1, -0.05) is 6.07 Å². The molecule has 0 N–H and O–H groups in total. The van der Waals surface area contributed by atoms with Crippen LogP contribution in [-0.2, 0) is 4.74 Å². The zero-order chi connectivity index (χ0) is 17.0. The number of amides is 1. The van der Waals surface area contributed by atoms with Gasteiger partial charge in [-0.15, -0.1) is 0 Å². The molecule has 2 rings (SSSR count). The van der Waals surface area contributed by atoms with Gasteiger partial charge in [0.05, 0.1) is 5.69 Å². The van der Waals surface area contributed by atoms with E-state index in [2.05, 4.69) is 22.9 Å². The van der Waals surface area contributed by atoms with Crippen LogP contribution in [0.25, 0.3) is 0 Å². The van der Waals surface area contributed by atoms with Crippen LogP contribution in [0.1, 0.15) is 52.3 Å². The Hall–Kier alpha value is -1.62. The topological polar surface area (TPSA) is 45.7 Å². The molecule has 128 valence electrons. The van der Waals surface area contributed by atoms with E-state index in [1.807, 2.05) is 46.1 Å². The molecule has 1 fully saturated rings. The number of hydrogen-bond donors (Lipinski definition) is 0. The maximum atomic E-state index is 12.3. The summed E-state index contributed by atoms with van der Waals surface area (Å²) < 4.78 is 5.49. The number of likely N-dealkylation sites (tertiary alicyclic amines) is 1. The number of piperidine rings is 1. The van der Waals surface area contributed by atoms with Crippen molar-refractivity contribution in [3.63, 3.8) is 0 Å². The van der Waals surface area contributed by atoms with Crippen molar-refractivity contribution in [1.82, 2.24) is 14.8 Å². The molecule has 0 bridgehead atoms. The number of likely N-dealkylation sites (N-methyl/N-ethyl adjacent to an activating group) is 1. The van der Waals surface area contributed by atoms with E-state index in [4.69, 9.17) is 4.74 Å². The van der Waals surface area contributed by atoms with Crippen LogP contribution in [0.2, 0.25) is 0 Å². The van der Waals surface area contributed by atoms with Crippen LogP contribution >= 0.6 is 0 Å². The van der Waals surface area contributed by atoms with Gasteiger partial charge in [0.15, 0.2) is 0 Å². The molecule has 2 unspecified atom stereocenters. The Kier molecular flexibility index (Phi) is 5.63. The van der Waals surface area contributed by atoms with Gasteiger partial charge < -0.3 is 9.64 Å². The molecule has 5 heteroatoms.